The molecule has 0 unspecified atom stereocenters. The Morgan fingerprint density at radius 3 is 2.74 bits per heavy atom. The first kappa shape index (κ1) is 24.4. The molecule has 0 aliphatic carbocycles. The van der Waals surface area contributed by atoms with E-state index in [9.17, 15) is 9.59 Å². The minimum Gasteiger partial charge on any atom is -0.454 e. The zero-order valence-electron chi connectivity index (χ0n) is 20.6. The molecular weight excluding hydrogens is 504 g/mol. The van der Waals surface area contributed by atoms with Gasteiger partial charge in [-0.05, 0) is 79.0 Å². The number of anilines is 1. The number of fused-ring (bicyclic) bond motifs is 1. The van der Waals surface area contributed by atoms with Gasteiger partial charge in [0.15, 0.2) is 11.5 Å². The number of hydrogen-bond donors (Lipinski definition) is 2. The van der Waals surface area contributed by atoms with Crippen LogP contribution < -0.4 is 25.0 Å². The average Bonchev–Trinajstić information content (AvgIpc) is 3.54. The number of piperidine rings is 1. The second-order valence-electron chi connectivity index (χ2n) is 9.31. The molecule has 3 aliphatic heterocycles. The predicted octanol–water partition coefficient (Wildman–Crippen LogP) is 3.60. The molecule has 0 saturated carbocycles. The highest BCUT2D eigenvalue weighted by atomic mass is 32.2. The number of pyridine rings is 1. The topological polar surface area (TPSA) is 119 Å². The molecule has 2 amide bonds. The van der Waals surface area contributed by atoms with Crippen molar-refractivity contribution in [1.29, 1.82) is 0 Å². The second-order valence-corrected chi connectivity index (χ2v) is 10.3. The zero-order valence-corrected chi connectivity index (χ0v) is 21.4. The molecule has 2 fully saturated rings. The van der Waals surface area contributed by atoms with Crippen LogP contribution in [0.15, 0.2) is 53.7 Å². The first-order chi connectivity index (χ1) is 18.6. The maximum absolute atomic E-state index is 11.8. The summed E-state index contributed by atoms with van der Waals surface area (Å²) in [6.45, 7) is 3.70. The van der Waals surface area contributed by atoms with Crippen molar-refractivity contribution in [1.82, 2.24) is 25.6 Å². The van der Waals surface area contributed by atoms with E-state index in [1.165, 1.54) is 0 Å². The molecule has 2 aromatic heterocycles. The Hall–Kier alpha value is -3.96. The number of amides is 2. The van der Waals surface area contributed by atoms with Crippen LogP contribution in [0.1, 0.15) is 24.1 Å². The van der Waals surface area contributed by atoms with E-state index in [0.29, 0.717) is 22.5 Å². The Morgan fingerprint density at radius 2 is 1.95 bits per heavy atom. The number of nitrogens with zero attached hydrogens (tertiary/aromatic N) is 4. The van der Waals surface area contributed by atoms with Gasteiger partial charge in [-0.1, -0.05) is 6.07 Å². The number of thioether (sulfide) groups is 1. The van der Waals surface area contributed by atoms with Crippen LogP contribution in [0.2, 0.25) is 0 Å². The van der Waals surface area contributed by atoms with Gasteiger partial charge in [0, 0.05) is 37.6 Å². The van der Waals surface area contributed by atoms with E-state index in [2.05, 4.69) is 36.6 Å². The van der Waals surface area contributed by atoms with Crippen LogP contribution in [0.3, 0.4) is 0 Å². The van der Waals surface area contributed by atoms with Crippen LogP contribution in [-0.2, 0) is 11.3 Å². The lowest BCUT2D eigenvalue weighted by atomic mass is 9.97. The van der Waals surface area contributed by atoms with Crippen LogP contribution >= 0.6 is 11.8 Å². The van der Waals surface area contributed by atoms with Crippen LogP contribution in [0.4, 0.5) is 10.7 Å². The van der Waals surface area contributed by atoms with Crippen molar-refractivity contribution in [2.24, 2.45) is 5.92 Å². The average molecular weight is 531 g/mol. The van der Waals surface area contributed by atoms with Gasteiger partial charge in [0.1, 0.15) is 0 Å². The number of hydrogen-bond acceptors (Lipinski definition) is 10. The highest BCUT2D eigenvalue weighted by Gasteiger charge is 2.26. The van der Waals surface area contributed by atoms with Crippen molar-refractivity contribution in [3.8, 4) is 22.8 Å². The number of ether oxygens (including phenoxy) is 2. The summed E-state index contributed by atoms with van der Waals surface area (Å²) in [4.78, 5) is 39.3. The van der Waals surface area contributed by atoms with Crippen LogP contribution in [0, 0.1) is 5.92 Å². The summed E-state index contributed by atoms with van der Waals surface area (Å²) < 4.78 is 10.8. The molecule has 38 heavy (non-hydrogen) atoms. The maximum Gasteiger partial charge on any atom is 0.290 e. The number of rotatable bonds is 7. The Kier molecular flexibility index (Phi) is 6.93. The number of carbonyl (C=O) groups is 2. The summed E-state index contributed by atoms with van der Waals surface area (Å²) in [6.07, 6.45) is 7.31. The molecule has 2 saturated heterocycles. The first-order valence-electron chi connectivity index (χ1n) is 12.5. The molecular formula is C27H26N6O4S. The fraction of sp³-hybridized carbons (Fsp3) is 0.296. The third kappa shape index (κ3) is 5.48. The van der Waals surface area contributed by atoms with Crippen molar-refractivity contribution in [3.05, 3.63) is 65.0 Å². The van der Waals surface area contributed by atoms with Crippen LogP contribution in [-0.4, -0.2) is 52.5 Å². The summed E-state index contributed by atoms with van der Waals surface area (Å²) >= 11 is 0.887. The smallest absolute Gasteiger partial charge is 0.290 e. The number of imide groups is 1. The highest BCUT2D eigenvalue weighted by Crippen LogP contribution is 2.35. The Bertz CT molecular complexity index is 1390. The van der Waals surface area contributed by atoms with Gasteiger partial charge >= 0.3 is 0 Å². The molecule has 0 spiro atoms. The second kappa shape index (κ2) is 10.8. The van der Waals surface area contributed by atoms with Gasteiger partial charge in [-0.2, -0.15) is 0 Å². The third-order valence-electron chi connectivity index (χ3n) is 6.74. The zero-order chi connectivity index (χ0) is 25.9. The number of aromatic nitrogens is 3. The minimum absolute atomic E-state index is 0.264. The molecule has 11 heteroatoms. The van der Waals surface area contributed by atoms with E-state index in [4.69, 9.17) is 9.47 Å². The normalized spacial score (nSPS) is 18.3. The molecule has 0 atom stereocenters. The third-order valence-corrected chi connectivity index (χ3v) is 7.55. The van der Waals surface area contributed by atoms with Crippen LogP contribution in [0.5, 0.6) is 11.5 Å². The van der Waals surface area contributed by atoms with Crippen molar-refractivity contribution in [3.63, 3.8) is 0 Å². The molecule has 2 N–H and O–H groups in total. The predicted molar refractivity (Wildman–Crippen MR) is 144 cm³/mol. The van der Waals surface area contributed by atoms with Crippen molar-refractivity contribution < 1.29 is 19.1 Å². The highest BCUT2D eigenvalue weighted by molar-refractivity contribution is 8.18. The Labute approximate surface area is 223 Å². The quantitative estimate of drug-likeness (QED) is 0.439. The van der Waals surface area contributed by atoms with Crippen molar-refractivity contribution >= 4 is 34.9 Å². The van der Waals surface area contributed by atoms with Crippen LogP contribution in [0.25, 0.3) is 17.3 Å². The van der Waals surface area contributed by atoms with E-state index in [-0.39, 0.29) is 17.9 Å². The van der Waals surface area contributed by atoms with Crippen molar-refractivity contribution in [2.75, 3.05) is 31.3 Å². The SMILES string of the molecule is O=C1NC(=O)C(=Cc2ccnc(N3CCC(CNCc4ccc(-c5ccc6c(c5)OCO6)nc4)CC3)n2)S1. The molecule has 10 nitrogen and oxygen atoms in total. The van der Waals surface area contributed by atoms with Gasteiger partial charge in [-0.3, -0.25) is 19.9 Å². The van der Waals surface area contributed by atoms with Gasteiger partial charge in [0.2, 0.25) is 12.7 Å². The Balaban J connectivity index is 0.972. The molecule has 194 valence electrons. The minimum atomic E-state index is -0.384. The van der Waals surface area contributed by atoms with E-state index >= 15 is 0 Å². The van der Waals surface area contributed by atoms with E-state index in [0.717, 1.165) is 79.1 Å². The van der Waals surface area contributed by atoms with Crippen molar-refractivity contribution in [2.45, 2.75) is 19.4 Å². The molecule has 5 heterocycles. The maximum atomic E-state index is 11.8. The molecule has 3 aliphatic rings. The molecule has 1 aromatic carbocycles. The summed E-state index contributed by atoms with van der Waals surface area (Å²) in [5.74, 6) is 2.36. The van der Waals surface area contributed by atoms with Gasteiger partial charge in [-0.15, -0.1) is 0 Å². The first-order valence-corrected chi connectivity index (χ1v) is 13.3. The standard InChI is InChI=1S/C27H26N6O4S/c34-25-24(38-27(35)32-25)12-20-5-8-29-26(31-20)33-9-6-17(7-10-33)13-28-14-18-1-3-21(30-15-18)19-2-4-22-23(11-19)37-16-36-22/h1-5,8,11-12,15,17,28H,6-7,9-10,13-14,16H2,(H,32,34,35). The fourth-order valence-electron chi connectivity index (χ4n) is 4.66. The Morgan fingerprint density at radius 1 is 1.08 bits per heavy atom. The monoisotopic (exact) mass is 530 g/mol. The number of nitrogens with one attached hydrogen (secondary N) is 2. The number of benzene rings is 1. The molecule has 0 bridgehead atoms. The lowest BCUT2D eigenvalue weighted by Gasteiger charge is -2.32. The largest absolute Gasteiger partial charge is 0.454 e. The number of carbonyl (C=O) groups excluding carboxylic acids is 2. The van der Waals surface area contributed by atoms with E-state index < -0.39 is 0 Å². The summed E-state index contributed by atoms with van der Waals surface area (Å²) in [5.41, 5.74) is 3.66. The van der Waals surface area contributed by atoms with Gasteiger partial charge < -0.3 is 19.7 Å². The molecule has 6 rings (SSSR count). The molecule has 0 radical (unpaired) electrons. The summed E-state index contributed by atoms with van der Waals surface area (Å²) in [6, 6.07) is 11.7. The lowest BCUT2D eigenvalue weighted by Crippen LogP contribution is -2.38. The summed E-state index contributed by atoms with van der Waals surface area (Å²) in [7, 11) is 0. The fourth-order valence-corrected chi connectivity index (χ4v) is 5.33. The van der Waals surface area contributed by atoms with E-state index in [1.54, 1.807) is 18.3 Å². The van der Waals surface area contributed by atoms with Gasteiger partial charge in [-0.25, -0.2) is 9.97 Å². The summed E-state index contributed by atoms with van der Waals surface area (Å²) in [5, 5.41) is 5.47. The van der Waals surface area contributed by atoms with Gasteiger partial charge in [0.25, 0.3) is 11.1 Å². The van der Waals surface area contributed by atoms with E-state index in [1.807, 2.05) is 30.5 Å². The van der Waals surface area contributed by atoms with Gasteiger partial charge in [0.05, 0.1) is 16.3 Å². The molecule has 3 aromatic rings. The lowest BCUT2D eigenvalue weighted by molar-refractivity contribution is -0.115.